The van der Waals surface area contributed by atoms with E-state index in [1.165, 1.54) is 0 Å². The maximum atomic E-state index is 12.6. The minimum atomic E-state index is -1.50. The third-order valence-electron chi connectivity index (χ3n) is 7.17. The lowest BCUT2D eigenvalue weighted by Gasteiger charge is -2.23. The van der Waals surface area contributed by atoms with E-state index in [1.54, 1.807) is 0 Å². The maximum absolute atomic E-state index is 12.6. The molecule has 4 amide bonds. The summed E-state index contributed by atoms with van der Waals surface area (Å²) in [6.07, 6.45) is -0.961. The van der Waals surface area contributed by atoms with Gasteiger partial charge in [0.25, 0.3) is 0 Å². The van der Waals surface area contributed by atoms with Crippen LogP contribution in [0.4, 0.5) is 9.59 Å². The number of carbonyl (C=O) groups excluding carboxylic acids is 2. The second-order valence-electron chi connectivity index (χ2n) is 10.1. The Morgan fingerprint density at radius 3 is 1.71 bits per heavy atom. The molecule has 4 rings (SSSR count). The monoisotopic (exact) mass is 556 g/mol. The lowest BCUT2D eigenvalue weighted by molar-refractivity contribution is -0.142. The van der Waals surface area contributed by atoms with E-state index in [2.05, 4.69) is 21.3 Å². The van der Waals surface area contributed by atoms with Crippen molar-refractivity contribution in [2.24, 2.45) is 0 Å². The molecule has 4 aromatic rings. The first-order valence-electron chi connectivity index (χ1n) is 13.7. The Morgan fingerprint density at radius 1 is 0.683 bits per heavy atom. The van der Waals surface area contributed by atoms with Crippen LogP contribution in [0.2, 0.25) is 0 Å². The fraction of sp³-hybridized carbons (Fsp3) is 0.281. The highest BCUT2D eigenvalue weighted by atomic mass is 16.4. The predicted octanol–water partition coefficient (Wildman–Crippen LogP) is 5.01. The van der Waals surface area contributed by atoms with E-state index < -0.39 is 30.2 Å². The van der Waals surface area contributed by atoms with Crippen molar-refractivity contribution in [1.29, 1.82) is 0 Å². The number of carboxylic acid groups (broad SMARTS) is 1. The van der Waals surface area contributed by atoms with Crippen LogP contribution in [0, 0.1) is 0 Å². The number of aliphatic hydroxyl groups is 1. The van der Waals surface area contributed by atoms with Crippen molar-refractivity contribution in [3.05, 3.63) is 96.1 Å². The van der Waals surface area contributed by atoms with Crippen LogP contribution in [0.3, 0.4) is 0 Å². The molecule has 0 aliphatic heterocycles. The Bertz CT molecular complexity index is 1510. The van der Waals surface area contributed by atoms with Gasteiger partial charge < -0.3 is 31.5 Å². The maximum Gasteiger partial charge on any atom is 0.328 e. The lowest BCUT2D eigenvalue weighted by atomic mass is 10.00. The van der Waals surface area contributed by atoms with E-state index in [0.717, 1.165) is 32.7 Å². The van der Waals surface area contributed by atoms with Crippen LogP contribution in [-0.2, 0) is 4.79 Å². The van der Waals surface area contributed by atoms with Gasteiger partial charge in [0.2, 0.25) is 0 Å². The number of aliphatic carboxylic acids is 1. The number of carbonyl (C=O) groups is 3. The van der Waals surface area contributed by atoms with Crippen molar-refractivity contribution in [3.8, 4) is 0 Å². The Labute approximate surface area is 239 Å². The van der Waals surface area contributed by atoms with Gasteiger partial charge in [-0.05, 0) is 59.4 Å². The molecule has 0 fully saturated rings. The quantitative estimate of drug-likeness (QED) is 0.144. The summed E-state index contributed by atoms with van der Waals surface area (Å²) >= 11 is 0. The van der Waals surface area contributed by atoms with E-state index >= 15 is 0 Å². The molecule has 214 valence electrons. The number of benzene rings is 4. The van der Waals surface area contributed by atoms with Crippen LogP contribution >= 0.6 is 0 Å². The zero-order valence-corrected chi connectivity index (χ0v) is 23.1. The van der Waals surface area contributed by atoms with Crippen LogP contribution in [0.1, 0.15) is 49.9 Å². The normalized spacial score (nSPS) is 14.0. The number of amides is 4. The molecule has 0 unspecified atom stereocenters. The van der Waals surface area contributed by atoms with Gasteiger partial charge in [0.1, 0.15) is 0 Å². The van der Waals surface area contributed by atoms with Crippen molar-refractivity contribution in [2.45, 2.75) is 50.9 Å². The lowest BCUT2D eigenvalue weighted by Crippen LogP contribution is -2.52. The number of fused-ring (bicyclic) bond motifs is 2. The molecule has 4 atom stereocenters. The molecule has 0 saturated carbocycles. The van der Waals surface area contributed by atoms with Crippen LogP contribution in [0.5, 0.6) is 0 Å². The number of hydrogen-bond acceptors (Lipinski definition) is 4. The molecule has 0 aliphatic rings. The van der Waals surface area contributed by atoms with Crippen LogP contribution in [-0.4, -0.2) is 46.9 Å². The van der Waals surface area contributed by atoms with Gasteiger partial charge in [-0.2, -0.15) is 0 Å². The van der Waals surface area contributed by atoms with E-state index in [0.29, 0.717) is 6.42 Å². The van der Waals surface area contributed by atoms with Gasteiger partial charge in [0.15, 0.2) is 6.04 Å². The topological polar surface area (TPSA) is 140 Å². The van der Waals surface area contributed by atoms with Crippen molar-refractivity contribution in [2.75, 3.05) is 6.54 Å². The average molecular weight is 557 g/mol. The number of nitrogens with one attached hydrogen (secondary N) is 4. The first-order chi connectivity index (χ1) is 19.7. The molecule has 41 heavy (non-hydrogen) atoms. The zero-order valence-electron chi connectivity index (χ0n) is 23.1. The van der Waals surface area contributed by atoms with Crippen LogP contribution < -0.4 is 21.3 Å². The summed E-state index contributed by atoms with van der Waals surface area (Å²) in [5, 5.41) is 35.1. The van der Waals surface area contributed by atoms with Crippen LogP contribution in [0.15, 0.2) is 84.9 Å². The summed E-state index contributed by atoms with van der Waals surface area (Å²) in [5.41, 5.74) is 1.89. The molecule has 4 aromatic carbocycles. The molecule has 0 saturated heterocycles. The van der Waals surface area contributed by atoms with E-state index in [4.69, 9.17) is 0 Å². The molecule has 9 heteroatoms. The summed E-state index contributed by atoms with van der Waals surface area (Å²) in [6.45, 7) is 3.94. The average Bonchev–Trinajstić information content (AvgIpc) is 2.97. The Kier molecular flexibility index (Phi) is 9.76. The van der Waals surface area contributed by atoms with Gasteiger partial charge in [0.05, 0.1) is 18.2 Å². The summed E-state index contributed by atoms with van der Waals surface area (Å²) in [7, 11) is 0. The molecule has 0 radical (unpaired) electrons. The van der Waals surface area contributed by atoms with E-state index in [1.807, 2.05) is 98.8 Å². The third kappa shape index (κ3) is 7.52. The number of hydrogen-bond donors (Lipinski definition) is 6. The van der Waals surface area contributed by atoms with Crippen molar-refractivity contribution in [1.82, 2.24) is 21.3 Å². The highest BCUT2D eigenvalue weighted by molar-refractivity contribution is 5.88. The standard InChI is InChI=1S/C32H36N4O5/c1-20(24-16-7-12-22-10-3-5-14-26(22)24)34-31(40)33-19-9-18-28(37)29(30(38)39)36-32(41)35-21(2)25-17-8-13-23-11-4-6-15-27(23)25/h3-8,10-17,20-21,28-29,37H,9,18-19H2,1-2H3,(H,38,39)(H2,33,34,40)(H2,35,36,41)/t20-,21-,28+,29-/m1/s1. The fourth-order valence-electron chi connectivity index (χ4n) is 5.04. The minimum absolute atomic E-state index is 0.0648. The summed E-state index contributed by atoms with van der Waals surface area (Å²) < 4.78 is 0. The molecule has 9 nitrogen and oxygen atoms in total. The number of carboxylic acids is 1. The first-order valence-corrected chi connectivity index (χ1v) is 13.7. The zero-order chi connectivity index (χ0) is 29.4. The van der Waals surface area contributed by atoms with Crippen molar-refractivity contribution < 1.29 is 24.6 Å². The fourth-order valence-corrected chi connectivity index (χ4v) is 5.04. The molecule has 0 aliphatic carbocycles. The minimum Gasteiger partial charge on any atom is -0.480 e. The molecule has 0 bridgehead atoms. The van der Waals surface area contributed by atoms with Gasteiger partial charge in [-0.25, -0.2) is 14.4 Å². The predicted molar refractivity (Wildman–Crippen MR) is 160 cm³/mol. The third-order valence-corrected chi connectivity index (χ3v) is 7.17. The molecule has 0 aromatic heterocycles. The largest absolute Gasteiger partial charge is 0.480 e. The molecule has 6 N–H and O–H groups in total. The van der Waals surface area contributed by atoms with Crippen molar-refractivity contribution >= 4 is 39.6 Å². The van der Waals surface area contributed by atoms with Gasteiger partial charge >= 0.3 is 18.0 Å². The summed E-state index contributed by atoms with van der Waals surface area (Å²) in [4.78, 5) is 36.9. The van der Waals surface area contributed by atoms with Gasteiger partial charge in [-0.15, -0.1) is 0 Å². The Morgan fingerprint density at radius 2 is 1.17 bits per heavy atom. The van der Waals surface area contributed by atoms with Gasteiger partial charge in [-0.3, -0.25) is 0 Å². The number of urea groups is 2. The Hall–Kier alpha value is -4.63. The second-order valence-corrected chi connectivity index (χ2v) is 10.1. The van der Waals surface area contributed by atoms with E-state index in [-0.39, 0.29) is 25.0 Å². The highest BCUT2D eigenvalue weighted by Gasteiger charge is 2.28. The Balaban J connectivity index is 1.23. The van der Waals surface area contributed by atoms with E-state index in [9.17, 15) is 24.6 Å². The van der Waals surface area contributed by atoms with Crippen LogP contribution in [0.25, 0.3) is 21.5 Å². The second kappa shape index (κ2) is 13.6. The highest BCUT2D eigenvalue weighted by Crippen LogP contribution is 2.25. The SMILES string of the molecule is C[C@@H](NC(=O)NCCC[C@H](O)[C@@H](NC(=O)N[C@H](C)c1cccc2ccccc12)C(=O)O)c1cccc2ccccc12. The smallest absolute Gasteiger partial charge is 0.328 e. The molecular weight excluding hydrogens is 520 g/mol. The summed E-state index contributed by atoms with van der Waals surface area (Å²) in [6, 6.07) is 24.3. The summed E-state index contributed by atoms with van der Waals surface area (Å²) in [5.74, 6) is -1.35. The van der Waals surface area contributed by atoms with Gasteiger partial charge in [-0.1, -0.05) is 84.9 Å². The first kappa shape index (κ1) is 29.4. The van der Waals surface area contributed by atoms with Gasteiger partial charge in [0, 0.05) is 6.54 Å². The number of aliphatic hydroxyl groups excluding tert-OH is 1. The molecule has 0 spiro atoms. The number of rotatable bonds is 11. The molecule has 0 heterocycles. The molecular formula is C32H36N4O5. The van der Waals surface area contributed by atoms with Crippen molar-refractivity contribution in [3.63, 3.8) is 0 Å².